The molecule has 0 saturated heterocycles. The Bertz CT molecular complexity index is 236. The topological polar surface area (TPSA) is 0 Å². The van der Waals surface area contributed by atoms with Gasteiger partial charge in [-0.05, 0) is 48.3 Å². The van der Waals surface area contributed by atoms with Crippen LogP contribution in [0.15, 0.2) is 0 Å². The molecule has 0 aliphatic heterocycles. The fourth-order valence-electron chi connectivity index (χ4n) is 3.99. The van der Waals surface area contributed by atoms with Crippen LogP contribution in [0.1, 0.15) is 53.4 Å². The lowest BCUT2D eigenvalue weighted by molar-refractivity contribution is 0.115. The van der Waals surface area contributed by atoms with Crippen molar-refractivity contribution in [2.24, 2.45) is 35.5 Å². The van der Waals surface area contributed by atoms with Gasteiger partial charge in [-0.1, -0.05) is 46.4 Å². The number of hydrogen-bond acceptors (Lipinski definition) is 0. The predicted molar refractivity (Wildman–Crippen MR) is 71.6 cm³/mol. The van der Waals surface area contributed by atoms with E-state index < -0.39 is 0 Å². The molecule has 0 spiro atoms. The van der Waals surface area contributed by atoms with Gasteiger partial charge in [-0.2, -0.15) is 0 Å². The minimum atomic E-state index is 0.482. The molecule has 2 radical (unpaired) electrons. The van der Waals surface area contributed by atoms with Gasteiger partial charge in [-0.3, -0.25) is 0 Å². The fourth-order valence-corrected chi connectivity index (χ4v) is 3.99. The lowest BCUT2D eigenvalue weighted by Gasteiger charge is -2.39. The molecular weight excluding hydrogens is 191 g/mol. The van der Waals surface area contributed by atoms with Gasteiger partial charge in [0, 0.05) is 0 Å². The molecule has 2 rings (SSSR count). The summed E-state index contributed by atoms with van der Waals surface area (Å²) in [4.78, 5) is 0. The Kier molecular flexibility index (Phi) is 3.71. The van der Waals surface area contributed by atoms with E-state index in [0.717, 1.165) is 35.5 Å². The Morgan fingerprint density at radius 2 is 1.75 bits per heavy atom. The summed E-state index contributed by atoms with van der Waals surface area (Å²) in [5.41, 5.74) is 0. The molecule has 90 valence electrons. The molecular formula is C15H27B. The maximum atomic E-state index is 6.37. The Balaban J connectivity index is 1.93. The predicted octanol–water partition coefficient (Wildman–Crippen LogP) is 4.31. The van der Waals surface area contributed by atoms with Crippen LogP contribution in [-0.4, -0.2) is 7.85 Å². The van der Waals surface area contributed by atoms with Crippen LogP contribution in [0.25, 0.3) is 0 Å². The highest BCUT2D eigenvalue weighted by Crippen LogP contribution is 2.53. The Morgan fingerprint density at radius 1 is 1.06 bits per heavy atom. The van der Waals surface area contributed by atoms with E-state index in [4.69, 9.17) is 7.85 Å². The molecule has 16 heavy (non-hydrogen) atoms. The van der Waals surface area contributed by atoms with Crippen LogP contribution >= 0.6 is 0 Å². The normalized spacial score (nSPS) is 45.7. The van der Waals surface area contributed by atoms with E-state index in [9.17, 15) is 0 Å². The molecule has 1 heteroatoms. The second kappa shape index (κ2) is 4.74. The Labute approximate surface area is 103 Å². The third kappa shape index (κ3) is 2.20. The second-order valence-electron chi connectivity index (χ2n) is 6.88. The molecule has 6 atom stereocenters. The van der Waals surface area contributed by atoms with E-state index in [0.29, 0.717) is 5.82 Å². The highest BCUT2D eigenvalue weighted by Gasteiger charge is 2.42. The van der Waals surface area contributed by atoms with Crippen LogP contribution in [0, 0.1) is 35.5 Å². The molecule has 2 fully saturated rings. The van der Waals surface area contributed by atoms with Gasteiger partial charge < -0.3 is 0 Å². The van der Waals surface area contributed by atoms with Crippen molar-refractivity contribution >= 4 is 7.85 Å². The molecule has 0 amide bonds. The summed E-state index contributed by atoms with van der Waals surface area (Å²) in [6, 6.07) is 0. The summed E-state index contributed by atoms with van der Waals surface area (Å²) in [5, 5.41) is 0. The van der Waals surface area contributed by atoms with Crippen LogP contribution in [0.4, 0.5) is 0 Å². The van der Waals surface area contributed by atoms with E-state index in [-0.39, 0.29) is 0 Å². The van der Waals surface area contributed by atoms with Gasteiger partial charge in [0.15, 0.2) is 0 Å². The maximum absolute atomic E-state index is 6.37. The summed E-state index contributed by atoms with van der Waals surface area (Å²) in [7, 11) is 6.37. The molecule has 0 heterocycles. The van der Waals surface area contributed by atoms with Crippen molar-refractivity contribution in [3.05, 3.63) is 0 Å². The minimum absolute atomic E-state index is 0.482. The number of hydrogen-bond donors (Lipinski definition) is 0. The van der Waals surface area contributed by atoms with Gasteiger partial charge in [0.1, 0.15) is 0 Å². The van der Waals surface area contributed by atoms with E-state index >= 15 is 0 Å². The average Bonchev–Trinajstić information content (AvgIpc) is 2.56. The molecule has 0 aromatic heterocycles. The summed E-state index contributed by atoms with van der Waals surface area (Å²) in [6.07, 6.45) is 5.65. The third-order valence-electron chi connectivity index (χ3n) is 5.72. The monoisotopic (exact) mass is 218 g/mol. The first-order valence-corrected chi connectivity index (χ1v) is 7.26. The van der Waals surface area contributed by atoms with Gasteiger partial charge in [0.05, 0.1) is 7.85 Å². The van der Waals surface area contributed by atoms with E-state index in [2.05, 4.69) is 27.7 Å². The van der Waals surface area contributed by atoms with Crippen molar-refractivity contribution in [2.75, 3.05) is 0 Å². The Hall–Kier alpha value is 0.0649. The van der Waals surface area contributed by atoms with Crippen LogP contribution in [-0.2, 0) is 0 Å². The Morgan fingerprint density at radius 3 is 2.19 bits per heavy atom. The quantitative estimate of drug-likeness (QED) is 0.619. The molecule has 2 aliphatic rings. The smallest absolute Gasteiger partial charge is 0.0703 e. The first-order valence-electron chi connectivity index (χ1n) is 7.26. The zero-order chi connectivity index (χ0) is 11.9. The maximum Gasteiger partial charge on any atom is 0.0703 e. The van der Waals surface area contributed by atoms with E-state index in [1.165, 1.54) is 25.7 Å². The minimum Gasteiger partial charge on any atom is -0.0741 e. The third-order valence-corrected chi connectivity index (χ3v) is 5.72. The zero-order valence-corrected chi connectivity index (χ0v) is 11.4. The van der Waals surface area contributed by atoms with E-state index in [1.54, 1.807) is 0 Å². The van der Waals surface area contributed by atoms with Crippen LogP contribution < -0.4 is 0 Å². The molecule has 2 aliphatic carbocycles. The van der Waals surface area contributed by atoms with Crippen molar-refractivity contribution in [2.45, 2.75) is 59.2 Å². The molecule has 0 aromatic rings. The van der Waals surface area contributed by atoms with Crippen molar-refractivity contribution in [1.29, 1.82) is 0 Å². The fraction of sp³-hybridized carbons (Fsp3) is 1.00. The van der Waals surface area contributed by atoms with Crippen LogP contribution in [0.3, 0.4) is 0 Å². The summed E-state index contributed by atoms with van der Waals surface area (Å²) >= 11 is 0. The summed E-state index contributed by atoms with van der Waals surface area (Å²) < 4.78 is 0. The zero-order valence-electron chi connectivity index (χ0n) is 11.4. The van der Waals surface area contributed by atoms with Crippen LogP contribution in [0.5, 0.6) is 0 Å². The standard InChI is InChI=1S/C15H27B/c1-9(2)11(4)14-7-12(8-15(14)16)13-6-5-10(13)3/h9-15H,5-8H2,1-4H3. The average molecular weight is 218 g/mol. The van der Waals surface area contributed by atoms with Gasteiger partial charge in [-0.25, -0.2) is 0 Å². The molecule has 2 saturated carbocycles. The van der Waals surface area contributed by atoms with Crippen molar-refractivity contribution in [3.63, 3.8) is 0 Å². The molecule has 0 nitrogen and oxygen atoms in total. The highest BCUT2D eigenvalue weighted by atomic mass is 14.5. The van der Waals surface area contributed by atoms with E-state index in [1.807, 2.05) is 0 Å². The lowest BCUT2D eigenvalue weighted by atomic mass is 9.67. The van der Waals surface area contributed by atoms with Gasteiger partial charge in [0.2, 0.25) is 0 Å². The first-order chi connectivity index (χ1) is 7.50. The lowest BCUT2D eigenvalue weighted by Crippen LogP contribution is -2.29. The van der Waals surface area contributed by atoms with Crippen molar-refractivity contribution in [1.82, 2.24) is 0 Å². The second-order valence-corrected chi connectivity index (χ2v) is 6.88. The van der Waals surface area contributed by atoms with Gasteiger partial charge >= 0.3 is 0 Å². The summed E-state index contributed by atoms with van der Waals surface area (Å²) in [5.74, 6) is 5.79. The molecule has 0 aromatic carbocycles. The SMILES string of the molecule is [B]C1CC(C2CCC2C)CC1C(C)C(C)C. The summed E-state index contributed by atoms with van der Waals surface area (Å²) in [6.45, 7) is 9.52. The van der Waals surface area contributed by atoms with Crippen molar-refractivity contribution in [3.8, 4) is 0 Å². The highest BCUT2D eigenvalue weighted by molar-refractivity contribution is 6.12. The van der Waals surface area contributed by atoms with Gasteiger partial charge in [0.25, 0.3) is 0 Å². The molecule has 6 unspecified atom stereocenters. The van der Waals surface area contributed by atoms with Crippen molar-refractivity contribution < 1.29 is 0 Å². The molecule has 0 N–H and O–H groups in total. The largest absolute Gasteiger partial charge is 0.0741 e. The molecule has 0 bridgehead atoms. The first kappa shape index (κ1) is 12.5. The van der Waals surface area contributed by atoms with Crippen LogP contribution in [0.2, 0.25) is 5.82 Å². The van der Waals surface area contributed by atoms with Gasteiger partial charge in [-0.15, -0.1) is 0 Å². The number of rotatable bonds is 3.